The van der Waals surface area contributed by atoms with Gasteiger partial charge in [0, 0.05) is 30.7 Å². The topological polar surface area (TPSA) is 30.0 Å². The number of hydrogen-bond donors (Lipinski definition) is 0. The lowest BCUT2D eigenvalue weighted by molar-refractivity contribution is -0.110. The largest absolute Gasteiger partial charge is 0.303 e. The van der Waals surface area contributed by atoms with Crippen LogP contribution >= 0.6 is 0 Å². The molecule has 0 aliphatic heterocycles. The molecule has 0 fully saturated rings. The minimum Gasteiger partial charge on any atom is -0.303 e. The van der Waals surface area contributed by atoms with Gasteiger partial charge in [-0.3, -0.25) is 4.98 Å². The average Bonchev–Trinajstić information content (AvgIpc) is 2.49. The highest BCUT2D eigenvalue weighted by Crippen LogP contribution is 2.27. The fourth-order valence-electron chi connectivity index (χ4n) is 2.85. The van der Waals surface area contributed by atoms with E-state index in [0.717, 1.165) is 31.4 Å². The van der Waals surface area contributed by atoms with Gasteiger partial charge in [0.1, 0.15) is 6.29 Å². The lowest BCUT2D eigenvalue weighted by atomic mass is 9.95. The van der Waals surface area contributed by atoms with E-state index >= 15 is 0 Å². The molecular formula is C17H23F2NO. The van der Waals surface area contributed by atoms with Gasteiger partial charge in [-0.25, -0.2) is 8.78 Å². The molecule has 1 aliphatic rings. The Balaban J connectivity index is 1.75. The minimum atomic E-state index is -2.70. The number of rotatable bonds is 8. The van der Waals surface area contributed by atoms with E-state index in [1.54, 1.807) is 0 Å². The molecule has 0 saturated carbocycles. The van der Waals surface area contributed by atoms with Crippen LogP contribution in [0.1, 0.15) is 61.9 Å². The molecule has 0 bridgehead atoms. The number of fused-ring (bicyclic) bond motifs is 1. The van der Waals surface area contributed by atoms with Crippen molar-refractivity contribution in [2.45, 2.75) is 70.1 Å². The lowest BCUT2D eigenvalue weighted by Gasteiger charge is -2.16. The number of unbranched alkanes of at least 4 members (excludes halogenated alkanes) is 1. The number of carbonyl (C=O) groups excluding carboxylic acids is 1. The van der Waals surface area contributed by atoms with Crippen molar-refractivity contribution in [3.05, 3.63) is 29.1 Å². The lowest BCUT2D eigenvalue weighted by Crippen LogP contribution is -2.16. The first kappa shape index (κ1) is 16.1. The van der Waals surface area contributed by atoms with Crippen molar-refractivity contribution in [3.8, 4) is 0 Å². The summed E-state index contributed by atoms with van der Waals surface area (Å²) < 4.78 is 26.8. The summed E-state index contributed by atoms with van der Waals surface area (Å²) in [6, 6.07) is 4.18. The van der Waals surface area contributed by atoms with Gasteiger partial charge in [-0.2, -0.15) is 0 Å². The Bertz CT molecular complexity index is 474. The van der Waals surface area contributed by atoms with Crippen LogP contribution in [0, 0.1) is 0 Å². The summed E-state index contributed by atoms with van der Waals surface area (Å²) in [7, 11) is 0. The summed E-state index contributed by atoms with van der Waals surface area (Å²) in [4.78, 5) is 14.8. The van der Waals surface area contributed by atoms with Crippen molar-refractivity contribution in [2.75, 3.05) is 0 Å². The predicted octanol–water partition coefficient (Wildman–Crippen LogP) is 4.29. The number of pyridine rings is 1. The first-order valence-electron chi connectivity index (χ1n) is 7.90. The number of nitrogens with zero attached hydrogens (tertiary/aromatic N) is 1. The third kappa shape index (κ3) is 5.18. The fourth-order valence-corrected chi connectivity index (χ4v) is 2.85. The third-order valence-corrected chi connectivity index (χ3v) is 4.09. The maximum atomic E-state index is 13.4. The molecule has 2 rings (SSSR count). The first-order chi connectivity index (χ1) is 10.1. The van der Waals surface area contributed by atoms with E-state index in [-0.39, 0.29) is 19.3 Å². The standard InChI is InChI=1S/C17H23F2NO/c18-17(19,12-5-13-21)11-4-3-7-15-10-9-14-6-1-2-8-16(14)20-15/h9-10,13H,1-8,11-12H2. The molecule has 0 N–H and O–H groups in total. The van der Waals surface area contributed by atoms with Crippen molar-refractivity contribution in [3.63, 3.8) is 0 Å². The second kappa shape index (κ2) is 7.62. The zero-order valence-electron chi connectivity index (χ0n) is 12.4. The van der Waals surface area contributed by atoms with Crippen LogP contribution in [0.3, 0.4) is 0 Å². The maximum Gasteiger partial charge on any atom is 0.248 e. The molecule has 0 radical (unpaired) electrons. The fraction of sp³-hybridized carbons (Fsp3) is 0.647. The van der Waals surface area contributed by atoms with Crippen molar-refractivity contribution in [1.82, 2.24) is 4.98 Å². The van der Waals surface area contributed by atoms with Gasteiger partial charge in [0.2, 0.25) is 5.92 Å². The SMILES string of the molecule is O=CCCC(F)(F)CCCCc1ccc2c(n1)CCCC2. The average molecular weight is 295 g/mol. The normalized spacial score (nSPS) is 14.8. The zero-order valence-corrected chi connectivity index (χ0v) is 12.4. The van der Waals surface area contributed by atoms with E-state index in [4.69, 9.17) is 0 Å². The predicted molar refractivity (Wildman–Crippen MR) is 78.7 cm³/mol. The quantitative estimate of drug-likeness (QED) is 0.529. The van der Waals surface area contributed by atoms with E-state index in [0.29, 0.717) is 12.7 Å². The van der Waals surface area contributed by atoms with Crippen LogP contribution in [-0.4, -0.2) is 17.2 Å². The molecule has 2 nitrogen and oxygen atoms in total. The summed E-state index contributed by atoms with van der Waals surface area (Å²) in [5.41, 5.74) is 3.58. The summed E-state index contributed by atoms with van der Waals surface area (Å²) in [6.07, 6.45) is 6.61. The Morgan fingerprint density at radius 2 is 1.95 bits per heavy atom. The molecule has 116 valence electrons. The highest BCUT2D eigenvalue weighted by molar-refractivity contribution is 5.49. The van der Waals surface area contributed by atoms with Crippen molar-refractivity contribution in [2.24, 2.45) is 0 Å². The zero-order chi connectivity index (χ0) is 15.1. The minimum absolute atomic E-state index is 0.0562. The number of alkyl halides is 2. The van der Waals surface area contributed by atoms with Gasteiger partial charge < -0.3 is 4.79 Å². The van der Waals surface area contributed by atoms with Gasteiger partial charge in [0.05, 0.1) is 0 Å². The molecule has 0 saturated heterocycles. The van der Waals surface area contributed by atoms with Gasteiger partial charge in [-0.15, -0.1) is 0 Å². The van der Waals surface area contributed by atoms with Crippen LogP contribution in [0.25, 0.3) is 0 Å². The van der Waals surface area contributed by atoms with Crippen LogP contribution in [0.4, 0.5) is 8.78 Å². The number of carbonyl (C=O) groups is 1. The maximum absolute atomic E-state index is 13.4. The van der Waals surface area contributed by atoms with Crippen molar-refractivity contribution >= 4 is 6.29 Å². The van der Waals surface area contributed by atoms with Crippen LogP contribution in [0.15, 0.2) is 12.1 Å². The number of hydrogen-bond acceptors (Lipinski definition) is 2. The van der Waals surface area contributed by atoms with Crippen molar-refractivity contribution < 1.29 is 13.6 Å². The molecule has 1 heterocycles. The monoisotopic (exact) mass is 295 g/mol. The second-order valence-electron chi connectivity index (χ2n) is 5.88. The smallest absolute Gasteiger partial charge is 0.248 e. The van der Waals surface area contributed by atoms with E-state index in [9.17, 15) is 13.6 Å². The Kier molecular flexibility index (Phi) is 5.83. The Morgan fingerprint density at radius 1 is 1.14 bits per heavy atom. The van der Waals surface area contributed by atoms with Gasteiger partial charge in [0.25, 0.3) is 0 Å². The molecule has 4 heteroatoms. The molecule has 0 unspecified atom stereocenters. The molecule has 1 aromatic rings. The highest BCUT2D eigenvalue weighted by atomic mass is 19.3. The Morgan fingerprint density at radius 3 is 2.76 bits per heavy atom. The first-order valence-corrected chi connectivity index (χ1v) is 7.90. The molecule has 1 aliphatic carbocycles. The Labute approximate surface area is 125 Å². The molecule has 0 atom stereocenters. The van der Waals surface area contributed by atoms with E-state index < -0.39 is 5.92 Å². The van der Waals surface area contributed by atoms with Crippen LogP contribution in [0.5, 0.6) is 0 Å². The molecule has 0 amide bonds. The van der Waals surface area contributed by atoms with Crippen molar-refractivity contribution in [1.29, 1.82) is 0 Å². The Hall–Kier alpha value is -1.32. The van der Waals surface area contributed by atoms with Gasteiger partial charge in [-0.1, -0.05) is 6.07 Å². The molecule has 21 heavy (non-hydrogen) atoms. The van der Waals surface area contributed by atoms with Crippen LogP contribution in [0.2, 0.25) is 0 Å². The van der Waals surface area contributed by atoms with E-state index in [1.807, 2.05) is 6.07 Å². The van der Waals surface area contributed by atoms with Gasteiger partial charge in [0.15, 0.2) is 0 Å². The van der Waals surface area contributed by atoms with Gasteiger partial charge >= 0.3 is 0 Å². The van der Waals surface area contributed by atoms with Crippen LogP contribution in [-0.2, 0) is 24.1 Å². The number of aromatic nitrogens is 1. The van der Waals surface area contributed by atoms with Gasteiger partial charge in [-0.05, 0) is 56.6 Å². The summed E-state index contributed by atoms with van der Waals surface area (Å²) in [5, 5.41) is 0. The van der Waals surface area contributed by atoms with E-state index in [1.165, 1.54) is 24.1 Å². The number of halogens is 2. The summed E-state index contributed by atoms with van der Waals surface area (Å²) in [6.45, 7) is 0. The molecule has 1 aromatic heterocycles. The second-order valence-corrected chi connectivity index (χ2v) is 5.88. The van der Waals surface area contributed by atoms with E-state index in [2.05, 4.69) is 11.1 Å². The number of aryl methyl sites for hydroxylation is 3. The molecule has 0 aromatic carbocycles. The third-order valence-electron chi connectivity index (χ3n) is 4.09. The molecule has 0 spiro atoms. The number of aldehydes is 1. The molecular weight excluding hydrogens is 272 g/mol. The summed E-state index contributed by atoms with van der Waals surface area (Å²) >= 11 is 0. The summed E-state index contributed by atoms with van der Waals surface area (Å²) in [5.74, 6) is -2.70. The van der Waals surface area contributed by atoms with Crippen LogP contribution < -0.4 is 0 Å². The highest BCUT2D eigenvalue weighted by Gasteiger charge is 2.27.